The first-order valence-electron chi connectivity index (χ1n) is 3.99. The molecule has 0 atom stereocenters. The summed E-state index contributed by atoms with van der Waals surface area (Å²) in [6, 6.07) is 10.3. The lowest BCUT2D eigenvalue weighted by Gasteiger charge is -1.94. The number of rotatable bonds is 1. The van der Waals surface area contributed by atoms with Gasteiger partial charge in [0.1, 0.15) is 18.1 Å². The maximum atomic E-state index is 3.13. The van der Waals surface area contributed by atoms with Crippen LogP contribution in [0.1, 0.15) is 5.82 Å². The molecule has 0 unspecified atom stereocenters. The van der Waals surface area contributed by atoms with E-state index in [-0.39, 0.29) is 0 Å². The highest BCUT2D eigenvalue weighted by molar-refractivity contribution is 5.21. The van der Waals surface area contributed by atoms with Crippen molar-refractivity contribution in [2.75, 3.05) is 0 Å². The first kappa shape index (κ1) is 7.10. The van der Waals surface area contributed by atoms with E-state index < -0.39 is 0 Å². The Balaban J connectivity index is 2.51. The summed E-state index contributed by atoms with van der Waals surface area (Å²) >= 11 is 0. The first-order chi connectivity index (χ1) is 5.88. The number of hydrogen-bond acceptors (Lipinski definition) is 0. The maximum Gasteiger partial charge on any atom is 0.256 e. The quantitative estimate of drug-likeness (QED) is 0.610. The molecule has 0 saturated carbocycles. The lowest BCUT2D eigenvalue weighted by atomic mass is 10.3. The standard InChI is InChI=1S/C10H10N2/c1-9-11-7-8-12(9)10-5-3-2-4-6-10/h2-8H,1H3/p+1. The fourth-order valence-corrected chi connectivity index (χ4v) is 1.28. The first-order valence-corrected chi connectivity index (χ1v) is 3.99. The highest BCUT2D eigenvalue weighted by Crippen LogP contribution is 1.98. The Morgan fingerprint density at radius 1 is 1.17 bits per heavy atom. The largest absolute Gasteiger partial charge is 0.256 e. The molecular weight excluding hydrogens is 148 g/mol. The second-order valence-corrected chi connectivity index (χ2v) is 2.75. The molecule has 1 N–H and O–H groups in total. The van der Waals surface area contributed by atoms with Crippen LogP contribution in [-0.2, 0) is 0 Å². The van der Waals surface area contributed by atoms with E-state index in [1.54, 1.807) is 0 Å². The van der Waals surface area contributed by atoms with Crippen LogP contribution in [0.15, 0.2) is 42.7 Å². The number of para-hydroxylation sites is 1. The van der Waals surface area contributed by atoms with E-state index in [0.29, 0.717) is 0 Å². The number of imidazole rings is 1. The zero-order valence-electron chi connectivity index (χ0n) is 6.99. The Bertz CT molecular complexity index is 362. The summed E-state index contributed by atoms with van der Waals surface area (Å²) in [6.07, 6.45) is 3.95. The number of aryl methyl sites for hydroxylation is 1. The number of nitrogens with zero attached hydrogens (tertiary/aromatic N) is 1. The smallest absolute Gasteiger partial charge is 0.247 e. The number of H-pyrrole nitrogens is 1. The van der Waals surface area contributed by atoms with E-state index in [9.17, 15) is 0 Å². The van der Waals surface area contributed by atoms with Crippen molar-refractivity contribution < 1.29 is 4.57 Å². The molecule has 0 saturated heterocycles. The van der Waals surface area contributed by atoms with Crippen LogP contribution in [-0.4, -0.2) is 4.98 Å². The van der Waals surface area contributed by atoms with E-state index in [1.165, 1.54) is 5.69 Å². The molecule has 0 amide bonds. The van der Waals surface area contributed by atoms with Gasteiger partial charge in [0.15, 0.2) is 0 Å². The predicted molar refractivity (Wildman–Crippen MR) is 47.1 cm³/mol. The van der Waals surface area contributed by atoms with E-state index in [0.717, 1.165) is 5.82 Å². The minimum absolute atomic E-state index is 1.14. The summed E-state index contributed by atoms with van der Waals surface area (Å²) in [7, 11) is 0. The maximum absolute atomic E-state index is 3.13. The van der Waals surface area contributed by atoms with Gasteiger partial charge in [-0.3, -0.25) is 0 Å². The van der Waals surface area contributed by atoms with Crippen LogP contribution in [0.25, 0.3) is 5.69 Å². The molecule has 1 aromatic heterocycles. The van der Waals surface area contributed by atoms with Crippen molar-refractivity contribution >= 4 is 0 Å². The molecule has 0 aliphatic rings. The van der Waals surface area contributed by atoms with Crippen LogP contribution >= 0.6 is 0 Å². The second-order valence-electron chi connectivity index (χ2n) is 2.75. The molecule has 60 valence electrons. The molecule has 12 heavy (non-hydrogen) atoms. The monoisotopic (exact) mass is 159 g/mol. The SMILES string of the molecule is Cc1[nH]cc[n+]1-c1ccccc1. The van der Waals surface area contributed by atoms with Crippen molar-refractivity contribution in [2.45, 2.75) is 6.92 Å². The molecule has 0 aliphatic heterocycles. The van der Waals surface area contributed by atoms with Gasteiger partial charge in [-0.05, 0) is 12.1 Å². The number of benzene rings is 1. The van der Waals surface area contributed by atoms with Crippen molar-refractivity contribution in [2.24, 2.45) is 0 Å². The summed E-state index contributed by atoms with van der Waals surface area (Å²) < 4.78 is 2.11. The highest BCUT2D eigenvalue weighted by atomic mass is 15.1. The van der Waals surface area contributed by atoms with Gasteiger partial charge in [-0.15, -0.1) is 0 Å². The van der Waals surface area contributed by atoms with Crippen LogP contribution in [0.4, 0.5) is 0 Å². The van der Waals surface area contributed by atoms with Gasteiger partial charge >= 0.3 is 0 Å². The molecule has 0 aliphatic carbocycles. The fraction of sp³-hybridized carbons (Fsp3) is 0.100. The van der Waals surface area contributed by atoms with E-state index in [1.807, 2.05) is 37.5 Å². The Labute approximate surface area is 71.5 Å². The number of aromatic amines is 1. The number of aromatic nitrogens is 2. The van der Waals surface area contributed by atoms with Crippen LogP contribution < -0.4 is 4.57 Å². The Hall–Kier alpha value is -1.57. The van der Waals surface area contributed by atoms with Gasteiger partial charge in [0, 0.05) is 6.92 Å². The third kappa shape index (κ3) is 1.11. The minimum atomic E-state index is 1.14. The summed E-state index contributed by atoms with van der Waals surface area (Å²) in [5.41, 5.74) is 1.19. The van der Waals surface area contributed by atoms with Gasteiger partial charge in [-0.25, -0.2) is 9.55 Å². The third-order valence-corrected chi connectivity index (χ3v) is 1.91. The van der Waals surface area contributed by atoms with Crippen LogP contribution in [0.3, 0.4) is 0 Å². The van der Waals surface area contributed by atoms with E-state index in [2.05, 4.69) is 21.7 Å². The lowest BCUT2D eigenvalue weighted by molar-refractivity contribution is -0.601. The summed E-state index contributed by atoms with van der Waals surface area (Å²) in [6.45, 7) is 2.05. The molecule has 1 heterocycles. The van der Waals surface area contributed by atoms with Gasteiger partial charge in [0.2, 0.25) is 0 Å². The fourth-order valence-electron chi connectivity index (χ4n) is 1.28. The Morgan fingerprint density at radius 3 is 2.50 bits per heavy atom. The van der Waals surface area contributed by atoms with Crippen LogP contribution in [0.2, 0.25) is 0 Å². The van der Waals surface area contributed by atoms with Gasteiger partial charge in [-0.1, -0.05) is 18.2 Å². The van der Waals surface area contributed by atoms with Crippen LogP contribution in [0, 0.1) is 6.92 Å². The van der Waals surface area contributed by atoms with Crippen molar-refractivity contribution in [3.8, 4) is 5.69 Å². The number of hydrogen-bond donors (Lipinski definition) is 1. The lowest BCUT2D eigenvalue weighted by Crippen LogP contribution is -2.30. The van der Waals surface area contributed by atoms with Crippen molar-refractivity contribution in [3.63, 3.8) is 0 Å². The van der Waals surface area contributed by atoms with Gasteiger partial charge in [-0.2, -0.15) is 0 Å². The average molecular weight is 159 g/mol. The average Bonchev–Trinajstić information content (AvgIpc) is 2.53. The molecule has 2 rings (SSSR count). The van der Waals surface area contributed by atoms with Gasteiger partial charge in [0.05, 0.1) is 0 Å². The molecule has 0 radical (unpaired) electrons. The molecule has 0 fully saturated rings. The van der Waals surface area contributed by atoms with E-state index >= 15 is 0 Å². The van der Waals surface area contributed by atoms with Crippen LogP contribution in [0.5, 0.6) is 0 Å². The molecule has 2 heteroatoms. The minimum Gasteiger partial charge on any atom is -0.247 e. The molecule has 0 bridgehead atoms. The normalized spacial score (nSPS) is 10.1. The van der Waals surface area contributed by atoms with Crippen molar-refractivity contribution in [1.82, 2.24) is 4.98 Å². The molecule has 2 aromatic rings. The third-order valence-electron chi connectivity index (χ3n) is 1.91. The topological polar surface area (TPSA) is 19.7 Å². The Morgan fingerprint density at radius 2 is 1.92 bits per heavy atom. The molecule has 1 aromatic carbocycles. The second kappa shape index (κ2) is 2.81. The summed E-state index contributed by atoms with van der Waals surface area (Å²) in [4.78, 5) is 3.13. The zero-order valence-corrected chi connectivity index (χ0v) is 6.99. The predicted octanol–water partition coefficient (Wildman–Crippen LogP) is 1.60. The highest BCUT2D eigenvalue weighted by Gasteiger charge is 2.05. The molecule has 0 spiro atoms. The number of nitrogens with one attached hydrogen (secondary N) is 1. The van der Waals surface area contributed by atoms with Gasteiger partial charge < -0.3 is 0 Å². The molecular formula is C10H11N2+. The van der Waals surface area contributed by atoms with Crippen molar-refractivity contribution in [3.05, 3.63) is 48.5 Å². The van der Waals surface area contributed by atoms with Crippen molar-refractivity contribution in [1.29, 1.82) is 0 Å². The summed E-state index contributed by atoms with van der Waals surface area (Å²) in [5, 5.41) is 0. The van der Waals surface area contributed by atoms with Gasteiger partial charge in [0.25, 0.3) is 5.82 Å². The molecule has 2 nitrogen and oxygen atoms in total. The summed E-state index contributed by atoms with van der Waals surface area (Å²) in [5.74, 6) is 1.14. The zero-order chi connectivity index (χ0) is 8.39. The van der Waals surface area contributed by atoms with E-state index in [4.69, 9.17) is 0 Å². The Kier molecular flexibility index (Phi) is 1.67.